The molecule has 0 bridgehead atoms. The van der Waals surface area contributed by atoms with Crippen molar-refractivity contribution in [1.82, 2.24) is 24.8 Å². The number of methoxy groups -OCH3 is 1. The Morgan fingerprint density at radius 2 is 2.02 bits per heavy atom. The van der Waals surface area contributed by atoms with Crippen molar-refractivity contribution in [3.8, 4) is 17.0 Å². The predicted molar refractivity (Wildman–Crippen MR) is 139 cm³/mol. The first-order chi connectivity index (χ1) is 18.8. The number of nitrogens with zero attached hydrogens (tertiary/aromatic N) is 5. The minimum atomic E-state index is -4.33. The largest absolute Gasteiger partial charge is 0.479 e. The summed E-state index contributed by atoms with van der Waals surface area (Å²) in [6, 6.07) is 5.44. The first-order valence-electron chi connectivity index (χ1n) is 12.7. The van der Waals surface area contributed by atoms with Crippen LogP contribution in [0, 0.1) is 0 Å². The third-order valence-electron chi connectivity index (χ3n) is 7.18. The molecular weight excluding hydrogens is 537 g/mol. The topological polar surface area (TPSA) is 96.1 Å². The number of rotatable bonds is 6. The SMILES string of the molecule is COc1nc(N[C@@H]2CCN(C(C)=O)CC2(F)F)nn2ccc(-c3ccc4c(c3)C[C@H](NCC(F)(F)F)C(C)=N4)c12. The fraction of sp³-hybridized carbons (Fsp3) is 0.462. The maximum atomic E-state index is 14.8. The average Bonchev–Trinajstić information content (AvgIpc) is 3.31. The summed E-state index contributed by atoms with van der Waals surface area (Å²) >= 11 is 0. The van der Waals surface area contributed by atoms with Crippen molar-refractivity contribution in [1.29, 1.82) is 0 Å². The van der Waals surface area contributed by atoms with Gasteiger partial charge >= 0.3 is 6.18 Å². The molecule has 9 nitrogen and oxygen atoms in total. The number of aromatic nitrogens is 3. The molecule has 1 aromatic carbocycles. The molecule has 3 aromatic rings. The highest BCUT2D eigenvalue weighted by Gasteiger charge is 2.46. The minimum absolute atomic E-state index is 0.0170. The van der Waals surface area contributed by atoms with Crippen molar-refractivity contribution in [2.24, 2.45) is 4.99 Å². The molecule has 0 unspecified atom stereocenters. The Hall–Kier alpha value is -3.81. The number of halogens is 5. The first-order valence-corrected chi connectivity index (χ1v) is 12.7. The lowest BCUT2D eigenvalue weighted by molar-refractivity contribution is -0.140. The molecule has 1 fully saturated rings. The van der Waals surface area contributed by atoms with E-state index in [9.17, 15) is 26.7 Å². The Morgan fingerprint density at radius 1 is 1.25 bits per heavy atom. The summed E-state index contributed by atoms with van der Waals surface area (Å²) in [6.45, 7) is 1.33. The number of nitrogens with one attached hydrogen (secondary N) is 2. The fourth-order valence-electron chi connectivity index (χ4n) is 5.09. The Kier molecular flexibility index (Phi) is 7.15. The van der Waals surface area contributed by atoms with Gasteiger partial charge in [0.15, 0.2) is 0 Å². The molecule has 0 radical (unpaired) electrons. The molecule has 4 heterocycles. The van der Waals surface area contributed by atoms with Crippen molar-refractivity contribution in [3.05, 3.63) is 36.0 Å². The van der Waals surface area contributed by atoms with E-state index in [1.807, 2.05) is 12.1 Å². The minimum Gasteiger partial charge on any atom is -0.479 e. The van der Waals surface area contributed by atoms with Crippen molar-refractivity contribution >= 4 is 28.8 Å². The number of carbonyl (C=O) groups is 1. The molecule has 2 aromatic heterocycles. The fourth-order valence-corrected chi connectivity index (χ4v) is 5.09. The van der Waals surface area contributed by atoms with Gasteiger partial charge in [-0.25, -0.2) is 13.3 Å². The van der Waals surface area contributed by atoms with Crippen molar-refractivity contribution < 1.29 is 31.5 Å². The predicted octanol–water partition coefficient (Wildman–Crippen LogP) is 4.24. The average molecular weight is 566 g/mol. The molecule has 1 saturated heterocycles. The van der Waals surface area contributed by atoms with Gasteiger partial charge in [0, 0.05) is 37.0 Å². The zero-order valence-corrected chi connectivity index (χ0v) is 22.0. The van der Waals surface area contributed by atoms with E-state index in [2.05, 4.69) is 25.7 Å². The van der Waals surface area contributed by atoms with E-state index < -0.39 is 43.2 Å². The lowest BCUT2D eigenvalue weighted by atomic mass is 9.94. The van der Waals surface area contributed by atoms with E-state index in [-0.39, 0.29) is 24.8 Å². The molecule has 2 aliphatic rings. The second-order valence-corrected chi connectivity index (χ2v) is 10.0. The Morgan fingerprint density at radius 3 is 2.70 bits per heavy atom. The molecule has 2 atom stereocenters. The molecule has 0 aliphatic carbocycles. The standard InChI is InChI=1S/C26H28F5N7O2/c1-14-20(32-12-26(29,30)31)11-17-10-16(4-5-19(17)33-14)18-6-9-38-22(18)23(40-3)35-24(36-38)34-21-7-8-37(15(2)39)13-25(21,27)28/h4-6,9-10,20-21,32H,7-8,11-13H2,1-3H3,(H,34,36)/t20-,21+/m0/s1. The molecule has 40 heavy (non-hydrogen) atoms. The maximum Gasteiger partial charge on any atom is 0.401 e. The quantitative estimate of drug-likeness (QED) is 0.434. The van der Waals surface area contributed by atoms with E-state index in [1.165, 1.54) is 18.5 Å². The van der Waals surface area contributed by atoms with Crippen LogP contribution >= 0.6 is 0 Å². The monoisotopic (exact) mass is 565 g/mol. The highest BCUT2D eigenvalue weighted by molar-refractivity contribution is 5.93. The third-order valence-corrected chi connectivity index (χ3v) is 7.18. The zero-order chi connectivity index (χ0) is 28.8. The number of benzene rings is 1. The number of hydrogen-bond acceptors (Lipinski definition) is 7. The van der Waals surface area contributed by atoms with Gasteiger partial charge in [0.25, 0.3) is 5.92 Å². The zero-order valence-electron chi connectivity index (χ0n) is 22.0. The van der Waals surface area contributed by atoms with Gasteiger partial charge in [0.1, 0.15) is 5.52 Å². The van der Waals surface area contributed by atoms with Gasteiger partial charge in [-0.15, -0.1) is 5.10 Å². The van der Waals surface area contributed by atoms with Crippen molar-refractivity contribution in [3.63, 3.8) is 0 Å². The van der Waals surface area contributed by atoms with Gasteiger partial charge in [-0.1, -0.05) is 6.07 Å². The lowest BCUT2D eigenvalue weighted by Gasteiger charge is -2.38. The molecule has 214 valence electrons. The molecule has 0 saturated carbocycles. The van der Waals surface area contributed by atoms with Crippen LogP contribution in [0.2, 0.25) is 0 Å². The lowest BCUT2D eigenvalue weighted by Crippen LogP contribution is -2.55. The molecular formula is C26H28F5N7O2. The van der Waals surface area contributed by atoms with Gasteiger partial charge in [-0.3, -0.25) is 9.79 Å². The number of ether oxygens (including phenoxy) is 1. The molecule has 1 amide bonds. The number of aliphatic imine (C=N–C) groups is 1. The Labute approximate surface area is 226 Å². The van der Waals surface area contributed by atoms with E-state index in [0.717, 1.165) is 16.0 Å². The van der Waals surface area contributed by atoms with Gasteiger partial charge in [-0.2, -0.15) is 18.2 Å². The Bertz CT molecular complexity index is 1470. The van der Waals surface area contributed by atoms with Crippen LogP contribution in [0.3, 0.4) is 0 Å². The molecule has 5 rings (SSSR count). The maximum absolute atomic E-state index is 14.8. The Balaban J connectivity index is 1.41. The number of amides is 1. The summed E-state index contributed by atoms with van der Waals surface area (Å²) in [5.74, 6) is -3.50. The number of hydrogen-bond donors (Lipinski definition) is 2. The van der Waals surface area contributed by atoms with Crippen LogP contribution in [0.25, 0.3) is 16.6 Å². The smallest absolute Gasteiger partial charge is 0.401 e. The number of anilines is 1. The number of piperidine rings is 1. The summed E-state index contributed by atoms with van der Waals surface area (Å²) in [5.41, 5.74) is 3.97. The first kappa shape index (κ1) is 27.7. The van der Waals surface area contributed by atoms with E-state index >= 15 is 0 Å². The van der Waals surface area contributed by atoms with Crippen LogP contribution < -0.4 is 15.4 Å². The van der Waals surface area contributed by atoms with Crippen LogP contribution in [0.15, 0.2) is 35.5 Å². The van der Waals surface area contributed by atoms with E-state index in [4.69, 9.17) is 4.74 Å². The molecule has 2 aliphatic heterocycles. The van der Waals surface area contributed by atoms with E-state index in [0.29, 0.717) is 28.9 Å². The second kappa shape index (κ2) is 10.3. The van der Waals surface area contributed by atoms with Crippen LogP contribution in [-0.4, -0.2) is 82.0 Å². The molecule has 0 spiro atoms. The highest BCUT2D eigenvalue weighted by atomic mass is 19.4. The summed E-state index contributed by atoms with van der Waals surface area (Å²) in [5, 5.41) is 9.60. The summed E-state index contributed by atoms with van der Waals surface area (Å²) in [6.07, 6.45) is -2.34. The summed E-state index contributed by atoms with van der Waals surface area (Å²) in [7, 11) is 1.41. The number of fused-ring (bicyclic) bond motifs is 2. The highest BCUT2D eigenvalue weighted by Crippen LogP contribution is 2.36. The number of likely N-dealkylation sites (tertiary alicyclic amines) is 1. The number of alkyl halides is 5. The van der Waals surface area contributed by atoms with Crippen LogP contribution in [0.5, 0.6) is 5.88 Å². The summed E-state index contributed by atoms with van der Waals surface area (Å²) < 4.78 is 74.8. The second-order valence-electron chi connectivity index (χ2n) is 10.0. The normalized spacial score (nSPS) is 20.7. The van der Waals surface area contributed by atoms with Gasteiger partial charge < -0.3 is 20.3 Å². The van der Waals surface area contributed by atoms with Crippen LogP contribution in [-0.2, 0) is 11.2 Å². The molecule has 2 N–H and O–H groups in total. The third kappa shape index (κ3) is 5.58. The molecule has 14 heteroatoms. The van der Waals surface area contributed by atoms with Gasteiger partial charge in [0.2, 0.25) is 17.7 Å². The van der Waals surface area contributed by atoms with Gasteiger partial charge in [0.05, 0.1) is 31.9 Å². The van der Waals surface area contributed by atoms with Gasteiger partial charge in [-0.05, 0) is 49.1 Å². The van der Waals surface area contributed by atoms with Crippen LogP contribution in [0.4, 0.5) is 33.6 Å². The van der Waals surface area contributed by atoms with E-state index in [1.54, 1.807) is 25.3 Å². The number of carbonyl (C=O) groups excluding carboxylic acids is 1. The van der Waals surface area contributed by atoms with Crippen molar-refractivity contribution in [2.75, 3.05) is 32.1 Å². The van der Waals surface area contributed by atoms with Crippen molar-refractivity contribution in [2.45, 2.75) is 50.9 Å². The summed E-state index contributed by atoms with van der Waals surface area (Å²) in [4.78, 5) is 21.5. The van der Waals surface area contributed by atoms with Crippen LogP contribution in [0.1, 0.15) is 25.8 Å².